The van der Waals surface area contributed by atoms with Gasteiger partial charge in [0.15, 0.2) is 0 Å². The molecule has 0 unspecified atom stereocenters. The minimum Gasteiger partial charge on any atom is -0.396 e. The standard InChI is InChI=1S/C10H9F2NO/c11-9-5-10(12)8(6-13)4-7(9)2-1-3-14/h4-5,14H,1-3H2. The van der Waals surface area contributed by atoms with Gasteiger partial charge in [0.05, 0.1) is 5.56 Å². The lowest BCUT2D eigenvalue weighted by Gasteiger charge is -2.02. The third-order valence-electron chi connectivity index (χ3n) is 1.86. The third kappa shape index (κ3) is 2.27. The van der Waals surface area contributed by atoms with Gasteiger partial charge < -0.3 is 5.11 Å². The van der Waals surface area contributed by atoms with E-state index in [-0.39, 0.29) is 17.7 Å². The monoisotopic (exact) mass is 197 g/mol. The van der Waals surface area contributed by atoms with Crippen molar-refractivity contribution < 1.29 is 13.9 Å². The summed E-state index contributed by atoms with van der Waals surface area (Å²) in [4.78, 5) is 0. The summed E-state index contributed by atoms with van der Waals surface area (Å²) in [5.41, 5.74) is 0.0938. The second-order valence-electron chi connectivity index (χ2n) is 2.86. The number of benzene rings is 1. The molecule has 0 heterocycles. The molecular formula is C10H9F2NO. The van der Waals surface area contributed by atoms with Crippen LogP contribution in [0.5, 0.6) is 0 Å². The molecule has 0 aliphatic rings. The first kappa shape index (κ1) is 10.6. The van der Waals surface area contributed by atoms with Crippen molar-refractivity contribution in [2.75, 3.05) is 6.61 Å². The number of rotatable bonds is 3. The number of nitriles is 1. The zero-order valence-corrected chi connectivity index (χ0v) is 7.43. The second-order valence-corrected chi connectivity index (χ2v) is 2.86. The Kier molecular flexibility index (Phi) is 3.55. The smallest absolute Gasteiger partial charge is 0.143 e. The summed E-state index contributed by atoms with van der Waals surface area (Å²) in [6.07, 6.45) is 0.699. The molecule has 1 N–H and O–H groups in total. The molecule has 14 heavy (non-hydrogen) atoms. The number of hydrogen-bond donors (Lipinski definition) is 1. The number of aliphatic hydroxyl groups is 1. The molecule has 1 aromatic carbocycles. The summed E-state index contributed by atoms with van der Waals surface area (Å²) < 4.78 is 25.9. The van der Waals surface area contributed by atoms with Crippen molar-refractivity contribution in [3.8, 4) is 6.07 Å². The molecule has 0 aliphatic carbocycles. The summed E-state index contributed by atoms with van der Waals surface area (Å²) in [6.45, 7) is -0.0568. The van der Waals surface area contributed by atoms with Crippen molar-refractivity contribution in [2.24, 2.45) is 0 Å². The van der Waals surface area contributed by atoms with Crippen LogP contribution < -0.4 is 0 Å². The van der Waals surface area contributed by atoms with Gasteiger partial charge in [0.1, 0.15) is 17.7 Å². The first-order valence-corrected chi connectivity index (χ1v) is 4.18. The minimum atomic E-state index is -0.849. The van der Waals surface area contributed by atoms with Crippen LogP contribution in [-0.4, -0.2) is 11.7 Å². The molecule has 1 rings (SSSR count). The first-order chi connectivity index (χ1) is 6.69. The van der Waals surface area contributed by atoms with Crippen molar-refractivity contribution >= 4 is 0 Å². The maximum absolute atomic E-state index is 13.1. The molecule has 0 spiro atoms. The van der Waals surface area contributed by atoms with Crippen molar-refractivity contribution in [1.82, 2.24) is 0 Å². The van der Waals surface area contributed by atoms with Gasteiger partial charge in [-0.3, -0.25) is 0 Å². The molecule has 0 aromatic heterocycles. The van der Waals surface area contributed by atoms with Gasteiger partial charge in [0.2, 0.25) is 0 Å². The molecule has 0 aliphatic heterocycles. The Morgan fingerprint density at radius 3 is 2.57 bits per heavy atom. The van der Waals surface area contributed by atoms with E-state index in [1.54, 1.807) is 6.07 Å². The van der Waals surface area contributed by atoms with E-state index in [1.165, 1.54) is 6.07 Å². The van der Waals surface area contributed by atoms with Crippen LogP contribution in [-0.2, 0) is 6.42 Å². The van der Waals surface area contributed by atoms with Gasteiger partial charge in [0.25, 0.3) is 0 Å². The van der Waals surface area contributed by atoms with E-state index in [1.807, 2.05) is 0 Å². The second kappa shape index (κ2) is 4.68. The lowest BCUT2D eigenvalue weighted by Crippen LogP contribution is -1.97. The molecule has 1 aromatic rings. The largest absolute Gasteiger partial charge is 0.396 e. The van der Waals surface area contributed by atoms with Gasteiger partial charge in [-0.15, -0.1) is 0 Å². The number of halogens is 2. The average molecular weight is 197 g/mol. The Hall–Kier alpha value is -1.47. The van der Waals surface area contributed by atoms with Crippen LogP contribution in [0.2, 0.25) is 0 Å². The van der Waals surface area contributed by atoms with Crippen LogP contribution >= 0.6 is 0 Å². The normalized spacial score (nSPS) is 9.86. The zero-order valence-electron chi connectivity index (χ0n) is 7.43. The maximum Gasteiger partial charge on any atom is 0.143 e. The molecule has 0 atom stereocenters. The Balaban J connectivity index is 3.00. The van der Waals surface area contributed by atoms with Gasteiger partial charge >= 0.3 is 0 Å². The third-order valence-corrected chi connectivity index (χ3v) is 1.86. The topological polar surface area (TPSA) is 44.0 Å². The van der Waals surface area contributed by atoms with Crippen LogP contribution in [0, 0.1) is 23.0 Å². The van der Waals surface area contributed by atoms with Crippen molar-refractivity contribution in [3.05, 3.63) is 34.9 Å². The predicted molar refractivity (Wildman–Crippen MR) is 46.5 cm³/mol. The van der Waals surface area contributed by atoms with Gasteiger partial charge in [0, 0.05) is 12.7 Å². The highest BCUT2D eigenvalue weighted by atomic mass is 19.1. The Labute approximate surface area is 80.4 Å². The fourth-order valence-electron chi connectivity index (χ4n) is 1.14. The lowest BCUT2D eigenvalue weighted by molar-refractivity contribution is 0.288. The molecule has 0 saturated heterocycles. The van der Waals surface area contributed by atoms with Crippen LogP contribution in [0.25, 0.3) is 0 Å². The summed E-state index contributed by atoms with van der Waals surface area (Å²) in [5.74, 6) is -1.52. The van der Waals surface area contributed by atoms with Gasteiger partial charge in [-0.1, -0.05) is 0 Å². The summed E-state index contributed by atoms with van der Waals surface area (Å²) in [7, 11) is 0. The van der Waals surface area contributed by atoms with E-state index in [9.17, 15) is 8.78 Å². The first-order valence-electron chi connectivity index (χ1n) is 4.18. The molecule has 0 saturated carbocycles. The quantitative estimate of drug-likeness (QED) is 0.802. The van der Waals surface area contributed by atoms with E-state index in [0.717, 1.165) is 0 Å². The number of aryl methyl sites for hydroxylation is 1. The molecule has 2 nitrogen and oxygen atoms in total. The highest BCUT2D eigenvalue weighted by Gasteiger charge is 2.08. The van der Waals surface area contributed by atoms with E-state index < -0.39 is 11.6 Å². The van der Waals surface area contributed by atoms with Crippen molar-refractivity contribution in [1.29, 1.82) is 5.26 Å². The van der Waals surface area contributed by atoms with E-state index >= 15 is 0 Å². The van der Waals surface area contributed by atoms with Gasteiger partial charge in [-0.25, -0.2) is 8.78 Å². The minimum absolute atomic E-state index is 0.0568. The number of aliphatic hydroxyl groups excluding tert-OH is 1. The van der Waals surface area contributed by atoms with Crippen LogP contribution in [0.15, 0.2) is 12.1 Å². The molecule has 0 bridgehead atoms. The molecule has 0 fully saturated rings. The molecule has 0 radical (unpaired) electrons. The van der Waals surface area contributed by atoms with Gasteiger partial charge in [-0.2, -0.15) is 5.26 Å². The Morgan fingerprint density at radius 2 is 2.00 bits per heavy atom. The highest BCUT2D eigenvalue weighted by molar-refractivity contribution is 5.35. The van der Waals surface area contributed by atoms with Crippen molar-refractivity contribution in [3.63, 3.8) is 0 Å². The summed E-state index contributed by atoms with van der Waals surface area (Å²) in [5, 5.41) is 17.0. The van der Waals surface area contributed by atoms with Crippen LogP contribution in [0.4, 0.5) is 8.78 Å². The highest BCUT2D eigenvalue weighted by Crippen LogP contribution is 2.15. The predicted octanol–water partition coefficient (Wildman–Crippen LogP) is 1.76. The number of hydrogen-bond acceptors (Lipinski definition) is 2. The van der Waals surface area contributed by atoms with Crippen LogP contribution in [0.1, 0.15) is 17.5 Å². The average Bonchev–Trinajstić information content (AvgIpc) is 2.17. The molecule has 0 amide bonds. The summed E-state index contributed by atoms with van der Waals surface area (Å²) in [6, 6.07) is 3.52. The van der Waals surface area contributed by atoms with E-state index in [0.29, 0.717) is 18.9 Å². The van der Waals surface area contributed by atoms with Gasteiger partial charge in [-0.05, 0) is 24.5 Å². The fraction of sp³-hybridized carbons (Fsp3) is 0.300. The maximum atomic E-state index is 13.1. The van der Waals surface area contributed by atoms with Crippen LogP contribution in [0.3, 0.4) is 0 Å². The molecule has 74 valence electrons. The SMILES string of the molecule is N#Cc1cc(CCCO)c(F)cc1F. The molecule has 4 heteroatoms. The Bertz CT molecular complexity index is 371. The Morgan fingerprint density at radius 1 is 1.29 bits per heavy atom. The molecular weight excluding hydrogens is 188 g/mol. The van der Waals surface area contributed by atoms with E-state index in [4.69, 9.17) is 10.4 Å². The number of nitrogens with zero attached hydrogens (tertiary/aromatic N) is 1. The summed E-state index contributed by atoms with van der Waals surface area (Å²) >= 11 is 0. The fourth-order valence-corrected chi connectivity index (χ4v) is 1.14. The van der Waals surface area contributed by atoms with Crippen molar-refractivity contribution in [2.45, 2.75) is 12.8 Å². The zero-order chi connectivity index (χ0) is 10.6. The lowest BCUT2D eigenvalue weighted by atomic mass is 10.1. The van der Waals surface area contributed by atoms with E-state index in [2.05, 4.69) is 0 Å².